The Kier molecular flexibility index (Phi) is 7.56. The van der Waals surface area contributed by atoms with Crippen LogP contribution in [0.25, 0.3) is 23.4 Å². The summed E-state index contributed by atoms with van der Waals surface area (Å²) in [4.78, 5) is 11.2. The normalized spacial score (nSPS) is 13.6. The van der Waals surface area contributed by atoms with Gasteiger partial charge in [-0.15, -0.1) is 0 Å². The Bertz CT molecular complexity index is 1470. The van der Waals surface area contributed by atoms with E-state index in [0.717, 1.165) is 41.7 Å². The van der Waals surface area contributed by atoms with E-state index in [1.807, 2.05) is 30.4 Å². The molecule has 4 aromatic rings. The van der Waals surface area contributed by atoms with E-state index in [9.17, 15) is 9.90 Å². The summed E-state index contributed by atoms with van der Waals surface area (Å²) in [5.41, 5.74) is 3.81. The third kappa shape index (κ3) is 5.54. The Labute approximate surface area is 229 Å². The van der Waals surface area contributed by atoms with Crippen molar-refractivity contribution in [2.45, 2.75) is 31.8 Å². The van der Waals surface area contributed by atoms with E-state index in [1.54, 1.807) is 42.5 Å². The second-order valence-electron chi connectivity index (χ2n) is 8.83. The Hall–Kier alpha value is -3.25. The first-order valence-corrected chi connectivity index (χ1v) is 12.9. The highest BCUT2D eigenvalue weighted by Gasteiger charge is 2.30. The lowest BCUT2D eigenvalue weighted by Gasteiger charge is -2.23. The van der Waals surface area contributed by atoms with E-state index in [4.69, 9.17) is 44.1 Å². The van der Waals surface area contributed by atoms with E-state index in [-0.39, 0.29) is 12.2 Å². The first-order chi connectivity index (χ1) is 17.9. The first-order valence-electron chi connectivity index (χ1n) is 11.8. The lowest BCUT2D eigenvalue weighted by molar-refractivity contribution is 0.0697. The van der Waals surface area contributed by atoms with Gasteiger partial charge in [0.2, 0.25) is 0 Å². The number of halogens is 3. The third-order valence-electron chi connectivity index (χ3n) is 6.44. The summed E-state index contributed by atoms with van der Waals surface area (Å²) < 4.78 is 11.9. The van der Waals surface area contributed by atoms with Crippen molar-refractivity contribution in [3.8, 4) is 17.0 Å². The molecular weight excluding hydrogens is 533 g/mol. The van der Waals surface area contributed by atoms with Gasteiger partial charge in [-0.2, -0.15) is 0 Å². The van der Waals surface area contributed by atoms with Gasteiger partial charge in [0.25, 0.3) is 0 Å². The molecule has 5 nitrogen and oxygen atoms in total. The Morgan fingerprint density at radius 2 is 1.76 bits per heavy atom. The number of nitrogens with zero attached hydrogens (tertiary/aromatic N) is 1. The highest BCUT2D eigenvalue weighted by atomic mass is 35.5. The molecule has 188 valence electrons. The second kappa shape index (κ2) is 11.0. The molecule has 1 N–H and O–H groups in total. The molecule has 0 amide bonds. The molecule has 5 rings (SSSR count). The number of carboxylic acids is 1. The van der Waals surface area contributed by atoms with Crippen LogP contribution in [0.5, 0.6) is 5.75 Å². The fraction of sp³-hybridized carbons (Fsp3) is 0.172. The summed E-state index contributed by atoms with van der Waals surface area (Å²) in [6, 6.07) is 17.4. The Morgan fingerprint density at radius 1 is 1.00 bits per heavy atom. The lowest BCUT2D eigenvalue weighted by Crippen LogP contribution is -2.11. The summed E-state index contributed by atoms with van der Waals surface area (Å²) in [6.07, 6.45) is 6.88. The van der Waals surface area contributed by atoms with Gasteiger partial charge in [-0.25, -0.2) is 4.79 Å². The average molecular weight is 555 g/mol. The predicted molar refractivity (Wildman–Crippen MR) is 147 cm³/mol. The summed E-state index contributed by atoms with van der Waals surface area (Å²) >= 11 is 19.5. The van der Waals surface area contributed by atoms with Crippen molar-refractivity contribution in [2.75, 3.05) is 0 Å². The number of ether oxygens (including phenoxy) is 1. The monoisotopic (exact) mass is 553 g/mol. The van der Waals surface area contributed by atoms with Crippen LogP contribution in [0.2, 0.25) is 15.1 Å². The number of benzene rings is 3. The molecule has 1 aliphatic carbocycles. The molecule has 0 unspecified atom stereocenters. The van der Waals surface area contributed by atoms with Crippen molar-refractivity contribution in [3.63, 3.8) is 0 Å². The van der Waals surface area contributed by atoms with Crippen LogP contribution in [0, 0.1) is 0 Å². The average Bonchev–Trinajstić information content (AvgIpc) is 3.23. The highest BCUT2D eigenvalue weighted by molar-refractivity contribution is 6.39. The van der Waals surface area contributed by atoms with Crippen LogP contribution in [0.4, 0.5) is 0 Å². The molecule has 1 heterocycles. The largest absolute Gasteiger partial charge is 0.489 e. The molecule has 1 saturated carbocycles. The summed E-state index contributed by atoms with van der Waals surface area (Å²) in [7, 11) is 0. The molecule has 0 aliphatic heterocycles. The molecular formula is C29H22Cl3NO4. The summed E-state index contributed by atoms with van der Waals surface area (Å²) in [5, 5.41) is 15.0. The van der Waals surface area contributed by atoms with Crippen LogP contribution < -0.4 is 4.74 Å². The van der Waals surface area contributed by atoms with Crippen molar-refractivity contribution in [1.82, 2.24) is 5.16 Å². The minimum atomic E-state index is -0.969. The second-order valence-corrected chi connectivity index (χ2v) is 10.1. The van der Waals surface area contributed by atoms with Crippen LogP contribution in [0.15, 0.2) is 65.2 Å². The van der Waals surface area contributed by atoms with Gasteiger partial charge in [0.15, 0.2) is 0 Å². The zero-order chi connectivity index (χ0) is 25.9. The molecule has 0 radical (unpaired) electrons. The van der Waals surface area contributed by atoms with Gasteiger partial charge in [0.1, 0.15) is 23.8 Å². The van der Waals surface area contributed by atoms with Gasteiger partial charge in [-0.05, 0) is 66.4 Å². The van der Waals surface area contributed by atoms with E-state index in [2.05, 4.69) is 5.16 Å². The number of aromatic carboxylic acids is 1. The molecule has 37 heavy (non-hydrogen) atoms. The van der Waals surface area contributed by atoms with Crippen molar-refractivity contribution < 1.29 is 19.2 Å². The minimum Gasteiger partial charge on any atom is -0.489 e. The molecule has 1 aliphatic rings. The molecule has 8 heteroatoms. The maximum absolute atomic E-state index is 11.2. The van der Waals surface area contributed by atoms with Crippen molar-refractivity contribution in [2.24, 2.45) is 0 Å². The van der Waals surface area contributed by atoms with Crippen LogP contribution in [0.1, 0.15) is 58.0 Å². The van der Waals surface area contributed by atoms with E-state index in [0.29, 0.717) is 38.0 Å². The van der Waals surface area contributed by atoms with Gasteiger partial charge in [0, 0.05) is 11.5 Å². The standard InChI is InChI=1S/C29H22Cl3NO4/c30-23-8-3-9-24(31)26(23)27-22(28(37-33-27)19-5-2-6-19)16-36-21-13-12-18(25(32)15-21)11-10-17-4-1-7-20(14-17)29(34)35/h1,3-4,7-15,19H,2,5-6,16H2,(H,34,35)/b11-10+. The fourth-order valence-corrected chi connectivity index (χ4v) is 5.03. The maximum atomic E-state index is 11.2. The van der Waals surface area contributed by atoms with Crippen LogP contribution in [-0.2, 0) is 6.61 Å². The number of hydrogen-bond donors (Lipinski definition) is 1. The van der Waals surface area contributed by atoms with E-state index in [1.165, 1.54) is 0 Å². The number of carboxylic acid groups (broad SMARTS) is 1. The molecule has 0 saturated heterocycles. The fourth-order valence-electron chi connectivity index (χ4n) is 4.22. The van der Waals surface area contributed by atoms with Crippen LogP contribution in [-0.4, -0.2) is 16.2 Å². The summed E-state index contributed by atoms with van der Waals surface area (Å²) in [6.45, 7) is 0.222. The summed E-state index contributed by atoms with van der Waals surface area (Å²) in [5.74, 6) is 0.735. The number of aromatic nitrogens is 1. The highest BCUT2D eigenvalue weighted by Crippen LogP contribution is 2.43. The number of rotatable bonds is 8. The van der Waals surface area contributed by atoms with E-state index < -0.39 is 5.97 Å². The van der Waals surface area contributed by atoms with Crippen molar-refractivity contribution >= 4 is 52.9 Å². The molecule has 1 fully saturated rings. The zero-order valence-corrected chi connectivity index (χ0v) is 21.9. The van der Waals surface area contributed by atoms with Gasteiger partial charge in [0.05, 0.1) is 26.2 Å². The Balaban J connectivity index is 1.37. The zero-order valence-electron chi connectivity index (χ0n) is 19.6. The minimum absolute atomic E-state index is 0.222. The van der Waals surface area contributed by atoms with Crippen molar-refractivity contribution in [3.05, 3.63) is 104 Å². The maximum Gasteiger partial charge on any atom is 0.335 e. The van der Waals surface area contributed by atoms with Crippen LogP contribution >= 0.6 is 34.8 Å². The number of carbonyl (C=O) groups is 1. The van der Waals surface area contributed by atoms with Gasteiger partial charge >= 0.3 is 5.97 Å². The van der Waals surface area contributed by atoms with E-state index >= 15 is 0 Å². The third-order valence-corrected chi connectivity index (χ3v) is 7.40. The van der Waals surface area contributed by atoms with Crippen molar-refractivity contribution in [1.29, 1.82) is 0 Å². The number of hydrogen-bond acceptors (Lipinski definition) is 4. The first kappa shape index (κ1) is 25.4. The molecule has 0 bridgehead atoms. The SMILES string of the molecule is O=C(O)c1cccc(/C=C/c2ccc(OCc3c(-c4c(Cl)cccc4Cl)noc3C3CCC3)cc2Cl)c1. The van der Waals surface area contributed by atoms with Gasteiger partial charge in [-0.3, -0.25) is 0 Å². The van der Waals surface area contributed by atoms with Crippen LogP contribution in [0.3, 0.4) is 0 Å². The smallest absolute Gasteiger partial charge is 0.335 e. The Morgan fingerprint density at radius 3 is 2.43 bits per heavy atom. The van der Waals surface area contributed by atoms with Gasteiger partial charge < -0.3 is 14.4 Å². The molecule has 1 aromatic heterocycles. The quantitative estimate of drug-likeness (QED) is 0.220. The van der Waals surface area contributed by atoms with Gasteiger partial charge in [-0.1, -0.05) is 76.7 Å². The predicted octanol–water partition coefficient (Wildman–Crippen LogP) is 9.02. The molecule has 0 atom stereocenters. The topological polar surface area (TPSA) is 72.6 Å². The molecule has 3 aromatic carbocycles. The molecule has 0 spiro atoms. The lowest BCUT2D eigenvalue weighted by atomic mass is 9.81.